The van der Waals surface area contributed by atoms with Crippen molar-refractivity contribution in [2.75, 3.05) is 0 Å². The third kappa shape index (κ3) is 328. The third-order valence-electron chi connectivity index (χ3n) is 0. The number of hydrogen-bond donors (Lipinski definition) is 0. The van der Waals surface area contributed by atoms with Crippen molar-refractivity contribution in [3.63, 3.8) is 0 Å². The van der Waals surface area contributed by atoms with E-state index in [1.807, 2.05) is 0 Å². The Labute approximate surface area is 115 Å². The van der Waals surface area contributed by atoms with Gasteiger partial charge in [-0.05, 0) is 0 Å². The maximum atomic E-state index is 8.52. The summed E-state index contributed by atoms with van der Waals surface area (Å²) in [5.41, 5.74) is 0. The molecule has 0 saturated carbocycles. The molecule has 0 aromatic carbocycles. The molecular formula is H2O6Si2SrTi. The molecule has 0 atom stereocenters. The summed E-state index contributed by atoms with van der Waals surface area (Å²) in [6.07, 6.45) is 0. The number of rotatable bonds is 0. The van der Waals surface area contributed by atoms with Gasteiger partial charge in [0, 0.05) is 18.3 Å². The molecule has 52 valence electrons. The van der Waals surface area contributed by atoms with Gasteiger partial charge in [-0.25, -0.2) is 0 Å². The largest absolute Gasteiger partial charge is 4.00 e. The molecule has 0 aromatic heterocycles. The van der Waals surface area contributed by atoms with Crippen molar-refractivity contribution in [3.05, 3.63) is 0 Å². The molecule has 10 heteroatoms. The van der Waals surface area contributed by atoms with E-state index in [-0.39, 0.29) is 70.1 Å². The second-order valence-electron chi connectivity index (χ2n) is 0.500. The Balaban J connectivity index is -0.0000000112. The van der Waals surface area contributed by atoms with Crippen LogP contribution in [0.15, 0.2) is 0 Å². The van der Waals surface area contributed by atoms with Gasteiger partial charge >= 0.3 is 67.2 Å². The normalized spacial score (nSPS) is 4.80. The van der Waals surface area contributed by atoms with Crippen molar-refractivity contribution in [2.24, 2.45) is 0 Å². The van der Waals surface area contributed by atoms with E-state index in [9.17, 15) is 0 Å². The molecule has 0 aromatic rings. The minimum absolute atomic E-state index is 0. The monoisotopic (exact) mass is 290 g/mol. The second kappa shape index (κ2) is 16.8. The topological polar surface area (TPSA) is 126 Å². The Bertz CT molecular complexity index is 81.5. The molecule has 0 aliphatic heterocycles. The first-order chi connectivity index (χ1) is 3.46. The predicted octanol–water partition coefficient (Wildman–Crippen LogP) is -5.91. The molecule has 0 rings (SSSR count). The molecular weight excluding hydrogens is 288 g/mol. The van der Waals surface area contributed by atoms with Gasteiger partial charge in [-0.2, -0.15) is 0 Å². The van der Waals surface area contributed by atoms with Crippen LogP contribution in [-0.2, 0) is 30.6 Å². The first-order valence-electron chi connectivity index (χ1n) is 1.22. The van der Waals surface area contributed by atoms with Crippen LogP contribution in [0.3, 0.4) is 0 Å². The van der Waals surface area contributed by atoms with Crippen LogP contribution in [0.2, 0.25) is 0 Å². The van der Waals surface area contributed by atoms with E-state index in [0.717, 1.165) is 0 Å². The Kier molecular flexibility index (Phi) is 37.8. The van der Waals surface area contributed by atoms with E-state index >= 15 is 0 Å². The molecule has 6 nitrogen and oxygen atoms in total. The van der Waals surface area contributed by atoms with Crippen LogP contribution in [0, 0.1) is 0 Å². The molecule has 0 unspecified atom stereocenters. The van der Waals surface area contributed by atoms with Crippen LogP contribution in [-0.4, -0.2) is 63.8 Å². The van der Waals surface area contributed by atoms with Gasteiger partial charge in [0.1, 0.15) is 0 Å². The molecule has 0 radical (unpaired) electrons. The molecule has 0 aliphatic carbocycles. The van der Waals surface area contributed by atoms with Gasteiger partial charge in [0.05, 0.1) is 0 Å². The standard InChI is InChI=1S/2O3Si.Sr.Ti.2H/c2*1-4(2)3;;;;/q2*-2;+2;+4;2*-1. The fourth-order valence-electron chi connectivity index (χ4n) is 0. The van der Waals surface area contributed by atoms with Gasteiger partial charge < -0.3 is 31.0 Å². The maximum absolute atomic E-state index is 8.52. The molecule has 0 bridgehead atoms. The smallest absolute Gasteiger partial charge is 1.00 e. The van der Waals surface area contributed by atoms with E-state index in [1.165, 1.54) is 0 Å². The summed E-state index contributed by atoms with van der Waals surface area (Å²) >= 11 is 0. The van der Waals surface area contributed by atoms with Crippen molar-refractivity contribution in [1.82, 2.24) is 0 Å². The van der Waals surface area contributed by atoms with Gasteiger partial charge in [0.2, 0.25) is 0 Å². The predicted molar refractivity (Wildman–Crippen MR) is 20.9 cm³/mol. The summed E-state index contributed by atoms with van der Waals surface area (Å²) in [4.78, 5) is 34.1. The van der Waals surface area contributed by atoms with Gasteiger partial charge in [-0.3, -0.25) is 0 Å². The van der Waals surface area contributed by atoms with Crippen molar-refractivity contribution in [1.29, 1.82) is 0 Å². The second-order valence-corrected chi connectivity index (χ2v) is 1.50. The van der Waals surface area contributed by atoms with Crippen LogP contribution in [0.4, 0.5) is 0 Å². The summed E-state index contributed by atoms with van der Waals surface area (Å²) in [6, 6.07) is 0. The van der Waals surface area contributed by atoms with Gasteiger partial charge in [0.25, 0.3) is 0 Å². The molecule has 0 heterocycles. The fourth-order valence-corrected chi connectivity index (χ4v) is 0. The average molecular weight is 290 g/mol. The zero-order valence-electron chi connectivity index (χ0n) is 6.66. The van der Waals surface area contributed by atoms with E-state index in [2.05, 4.69) is 0 Å². The molecule has 0 spiro atoms. The first-order valence-corrected chi connectivity index (χ1v) is 3.67. The Hall–Kier alpha value is 1.43. The van der Waals surface area contributed by atoms with Crippen LogP contribution < -0.4 is 19.2 Å². The van der Waals surface area contributed by atoms with Crippen LogP contribution >= 0.6 is 0 Å². The van der Waals surface area contributed by atoms with Crippen molar-refractivity contribution in [2.45, 2.75) is 0 Å². The summed E-state index contributed by atoms with van der Waals surface area (Å²) < 4.78 is 17.0. The zero-order chi connectivity index (χ0) is 7.15. The van der Waals surface area contributed by atoms with Crippen LogP contribution in [0.1, 0.15) is 2.85 Å². The summed E-state index contributed by atoms with van der Waals surface area (Å²) in [7, 11) is -7.26. The quantitative estimate of drug-likeness (QED) is 0.409. The van der Waals surface area contributed by atoms with E-state index < -0.39 is 18.3 Å². The fraction of sp³-hybridized carbons (Fsp3) is 0. The molecule has 10 heavy (non-hydrogen) atoms. The molecule has 0 N–H and O–H groups in total. The van der Waals surface area contributed by atoms with Gasteiger partial charge in [-0.1, -0.05) is 0 Å². The Morgan fingerprint density at radius 3 is 0.900 bits per heavy atom. The molecule has 0 aliphatic rings. The molecule has 0 saturated heterocycles. The number of hydrogen-bond acceptors (Lipinski definition) is 6. The van der Waals surface area contributed by atoms with Crippen LogP contribution in [0.5, 0.6) is 0 Å². The van der Waals surface area contributed by atoms with E-state index in [0.29, 0.717) is 0 Å². The van der Waals surface area contributed by atoms with Gasteiger partial charge in [0.15, 0.2) is 0 Å². The average Bonchev–Trinajstić information content (AvgIpc) is 1.25. The van der Waals surface area contributed by atoms with Crippen LogP contribution in [0.25, 0.3) is 0 Å². The Morgan fingerprint density at radius 2 is 0.900 bits per heavy atom. The van der Waals surface area contributed by atoms with E-state index in [1.54, 1.807) is 0 Å². The SMILES string of the molecule is O=[Si]([O-])[O-].O=[Si]([O-])[O-].[H-].[H-].[Sr+2].[Ti+4]. The molecule has 0 fully saturated rings. The minimum Gasteiger partial charge on any atom is -1.00 e. The Morgan fingerprint density at radius 1 is 0.900 bits per heavy atom. The first kappa shape index (κ1) is 22.5. The van der Waals surface area contributed by atoms with Crippen molar-refractivity contribution < 1.29 is 52.7 Å². The van der Waals surface area contributed by atoms with E-state index in [4.69, 9.17) is 28.1 Å². The minimum atomic E-state index is -3.63. The van der Waals surface area contributed by atoms with Crippen molar-refractivity contribution in [3.8, 4) is 0 Å². The van der Waals surface area contributed by atoms with Crippen molar-refractivity contribution >= 4 is 63.8 Å². The maximum Gasteiger partial charge on any atom is 4.00 e. The zero-order valence-corrected chi connectivity index (χ0v) is 11.7. The molecule has 0 amide bonds. The van der Waals surface area contributed by atoms with Gasteiger partial charge in [-0.15, -0.1) is 0 Å². The summed E-state index contributed by atoms with van der Waals surface area (Å²) in [5, 5.41) is 0. The third-order valence-corrected chi connectivity index (χ3v) is 0. The summed E-state index contributed by atoms with van der Waals surface area (Å²) in [6.45, 7) is 0. The summed E-state index contributed by atoms with van der Waals surface area (Å²) in [5.74, 6) is 0.